The second-order valence-corrected chi connectivity index (χ2v) is 17.9. The van der Waals surface area contributed by atoms with Crippen molar-refractivity contribution in [1.29, 1.82) is 0 Å². The Bertz CT molecular complexity index is 3450. The van der Waals surface area contributed by atoms with Crippen LogP contribution in [0.25, 0.3) is 94.7 Å². The molecule has 3 nitrogen and oxygen atoms in total. The van der Waals surface area contributed by atoms with Gasteiger partial charge in [-0.3, -0.25) is 0 Å². The van der Waals surface area contributed by atoms with Crippen molar-refractivity contribution in [2.75, 3.05) is 0 Å². The number of benzene rings is 8. The van der Waals surface area contributed by atoms with E-state index in [0.717, 1.165) is 27.6 Å². The van der Waals surface area contributed by atoms with Crippen LogP contribution in [0.3, 0.4) is 0 Å². The number of rotatable bonds is 6. The number of nitrogens with zero attached hydrogens (tertiary/aromatic N) is 3. The molecule has 0 bridgehead atoms. The largest absolute Gasteiger partial charge is 0.208 e. The van der Waals surface area contributed by atoms with E-state index in [1.807, 2.05) is 0 Å². The Morgan fingerprint density at radius 2 is 0.889 bits per heavy atom. The lowest BCUT2D eigenvalue weighted by Gasteiger charge is -2.23. The minimum absolute atomic E-state index is 0.173. The first kappa shape index (κ1) is 38.3. The zero-order chi connectivity index (χ0) is 43.0. The van der Waals surface area contributed by atoms with E-state index >= 15 is 0 Å². The molecule has 2 aliphatic rings. The molecule has 0 spiro atoms. The van der Waals surface area contributed by atoms with Crippen LogP contribution in [0.15, 0.2) is 182 Å². The van der Waals surface area contributed by atoms with Gasteiger partial charge in [0.05, 0.1) is 0 Å². The number of terminal acetylenes is 1. The maximum atomic E-state index is 5.68. The molecule has 0 amide bonds. The molecule has 0 saturated heterocycles. The van der Waals surface area contributed by atoms with Crippen molar-refractivity contribution in [3.63, 3.8) is 0 Å². The molecule has 0 N–H and O–H groups in total. The van der Waals surface area contributed by atoms with Crippen LogP contribution < -0.4 is 0 Å². The van der Waals surface area contributed by atoms with Gasteiger partial charge >= 0.3 is 0 Å². The lowest BCUT2D eigenvalue weighted by Crippen LogP contribution is -2.15. The van der Waals surface area contributed by atoms with E-state index in [2.05, 4.69) is 210 Å². The van der Waals surface area contributed by atoms with Gasteiger partial charge in [-0.2, -0.15) is 0 Å². The number of hydrogen-bond acceptors (Lipinski definition) is 3. The van der Waals surface area contributed by atoms with Gasteiger partial charge in [-0.25, -0.2) is 15.0 Å². The molecule has 1 aromatic heterocycles. The van der Waals surface area contributed by atoms with Crippen molar-refractivity contribution in [3.05, 3.63) is 204 Å². The van der Waals surface area contributed by atoms with Gasteiger partial charge in [0, 0.05) is 27.5 Å². The summed E-state index contributed by atoms with van der Waals surface area (Å²) in [5, 5.41) is 4.74. The molecule has 1 heterocycles. The van der Waals surface area contributed by atoms with E-state index in [4.69, 9.17) is 21.4 Å². The maximum absolute atomic E-state index is 5.68. The first-order chi connectivity index (χ1) is 30.6. The van der Waals surface area contributed by atoms with Crippen LogP contribution >= 0.6 is 0 Å². The summed E-state index contributed by atoms with van der Waals surface area (Å²) in [4.78, 5) is 16.1. The van der Waals surface area contributed by atoms with Crippen molar-refractivity contribution in [2.24, 2.45) is 0 Å². The third-order valence-corrected chi connectivity index (χ3v) is 13.8. The Morgan fingerprint density at radius 1 is 0.429 bits per heavy atom. The molecule has 0 atom stereocenters. The third kappa shape index (κ3) is 6.01. The summed E-state index contributed by atoms with van der Waals surface area (Å²) in [5.74, 6) is 4.58. The van der Waals surface area contributed by atoms with E-state index in [1.165, 1.54) is 77.4 Å². The summed E-state index contributed by atoms with van der Waals surface area (Å²) < 4.78 is 0. The topological polar surface area (TPSA) is 38.7 Å². The fraction of sp³-hybridized carbons (Fsp3) is 0.117. The predicted octanol–water partition coefficient (Wildman–Crippen LogP) is 15.1. The quantitative estimate of drug-likeness (QED) is 0.124. The molecule has 300 valence electrons. The Balaban J connectivity index is 1.16. The second-order valence-electron chi connectivity index (χ2n) is 17.9. The molecular formula is C60H45N3. The van der Waals surface area contributed by atoms with Crippen molar-refractivity contribution >= 4 is 27.1 Å². The van der Waals surface area contributed by atoms with Gasteiger partial charge in [-0.05, 0) is 120 Å². The first-order valence-electron chi connectivity index (χ1n) is 21.7. The molecule has 0 unspecified atom stereocenters. The highest BCUT2D eigenvalue weighted by Crippen LogP contribution is 2.51. The summed E-state index contributed by atoms with van der Waals surface area (Å²) >= 11 is 0. The Morgan fingerprint density at radius 3 is 1.49 bits per heavy atom. The molecule has 0 radical (unpaired) electrons. The summed E-state index contributed by atoms with van der Waals surface area (Å²) in [5.41, 5.74) is 17.2. The molecule has 0 fully saturated rings. The summed E-state index contributed by atoms with van der Waals surface area (Å²) in [7, 11) is 0. The molecular weight excluding hydrogens is 763 g/mol. The lowest BCUT2D eigenvalue weighted by atomic mass is 9.81. The van der Waals surface area contributed by atoms with Crippen LogP contribution in [0.1, 0.15) is 56.9 Å². The lowest BCUT2D eigenvalue weighted by molar-refractivity contribution is 0.639. The normalized spacial score (nSPS) is 14.5. The highest BCUT2D eigenvalue weighted by molar-refractivity contribution is 6.22. The number of aromatic nitrogens is 3. The molecule has 0 saturated carbocycles. The summed E-state index contributed by atoms with van der Waals surface area (Å²) in [6, 6.07) is 59.1. The van der Waals surface area contributed by atoms with Gasteiger partial charge in [0.15, 0.2) is 17.5 Å². The zero-order valence-corrected chi connectivity index (χ0v) is 36.2. The zero-order valence-electron chi connectivity index (χ0n) is 36.2. The third-order valence-electron chi connectivity index (χ3n) is 13.8. The van der Waals surface area contributed by atoms with E-state index in [9.17, 15) is 0 Å². The van der Waals surface area contributed by atoms with E-state index in [-0.39, 0.29) is 10.8 Å². The molecule has 3 heteroatoms. The molecule has 0 aliphatic heterocycles. The van der Waals surface area contributed by atoms with Crippen molar-refractivity contribution in [1.82, 2.24) is 15.0 Å². The van der Waals surface area contributed by atoms with Crippen LogP contribution in [0, 0.1) is 12.3 Å². The Labute approximate surface area is 369 Å². The molecule has 11 rings (SSSR count). The SMILES string of the molecule is C#C/C=C\C1=C(C)C(C)(C)c2cc(-c3nc(-c4ccc5c(c4)C(C)(C)c4ccccc4-5)nc(-c4ccc5c(-c6ccccc6)c6ccccc6c(-c6ccccc6)c5c4)n3)ccc21. The maximum Gasteiger partial charge on any atom is 0.164 e. The average molecular weight is 808 g/mol. The van der Waals surface area contributed by atoms with Crippen LogP contribution in [0.5, 0.6) is 0 Å². The highest BCUT2D eigenvalue weighted by atomic mass is 15.0. The fourth-order valence-electron chi connectivity index (χ4n) is 10.3. The Hall–Kier alpha value is -7.67. The van der Waals surface area contributed by atoms with Crippen LogP contribution in [0.4, 0.5) is 0 Å². The van der Waals surface area contributed by atoms with Crippen molar-refractivity contribution in [2.45, 2.75) is 45.4 Å². The standard InChI is InChI=1S/C60H45N3/c1-7-8-23-43-37(2)59(3,4)52-35-41(28-31-45(43)52)57-61-56(62-58(63-57)42-29-32-46-44-24-17-18-27-51(44)60(5,6)53(46)36-42)40-30-33-49-50(34-40)55(39-21-13-10-14-22-39)48-26-16-15-25-47(48)54(49)38-19-11-9-12-20-38/h1,8-36H,2-6H3/b23-8-. The van der Waals surface area contributed by atoms with Gasteiger partial charge < -0.3 is 0 Å². The number of allylic oxidation sites excluding steroid dienone is 4. The van der Waals surface area contributed by atoms with Crippen molar-refractivity contribution in [3.8, 4) is 79.9 Å². The fourth-order valence-corrected chi connectivity index (χ4v) is 10.3. The molecule has 63 heavy (non-hydrogen) atoms. The molecule has 8 aromatic carbocycles. The minimum atomic E-state index is -0.204. The highest BCUT2D eigenvalue weighted by Gasteiger charge is 2.36. The van der Waals surface area contributed by atoms with Crippen molar-refractivity contribution < 1.29 is 0 Å². The molecule has 2 aliphatic carbocycles. The second kappa shape index (κ2) is 14.5. The monoisotopic (exact) mass is 807 g/mol. The van der Waals surface area contributed by atoms with Crippen LogP contribution in [0.2, 0.25) is 0 Å². The van der Waals surface area contributed by atoms with Gasteiger partial charge in [0.1, 0.15) is 0 Å². The van der Waals surface area contributed by atoms with Crippen LogP contribution in [-0.2, 0) is 10.8 Å². The van der Waals surface area contributed by atoms with Gasteiger partial charge in [-0.15, -0.1) is 6.42 Å². The molecule has 9 aromatic rings. The summed E-state index contributed by atoms with van der Waals surface area (Å²) in [6.45, 7) is 11.4. The van der Waals surface area contributed by atoms with Crippen LogP contribution in [-0.4, -0.2) is 15.0 Å². The predicted molar refractivity (Wildman–Crippen MR) is 263 cm³/mol. The van der Waals surface area contributed by atoms with Gasteiger partial charge in [0.2, 0.25) is 0 Å². The number of hydrogen-bond donors (Lipinski definition) is 0. The summed E-state index contributed by atoms with van der Waals surface area (Å²) in [6.07, 6.45) is 9.53. The van der Waals surface area contributed by atoms with E-state index < -0.39 is 0 Å². The number of fused-ring (bicyclic) bond motifs is 6. The van der Waals surface area contributed by atoms with Gasteiger partial charge in [0.25, 0.3) is 0 Å². The Kier molecular flexibility index (Phi) is 8.79. The minimum Gasteiger partial charge on any atom is -0.208 e. The first-order valence-corrected chi connectivity index (χ1v) is 21.7. The smallest absolute Gasteiger partial charge is 0.164 e. The average Bonchev–Trinajstić information content (AvgIpc) is 3.67. The van der Waals surface area contributed by atoms with E-state index in [0.29, 0.717) is 17.5 Å². The van der Waals surface area contributed by atoms with E-state index in [1.54, 1.807) is 6.08 Å². The van der Waals surface area contributed by atoms with Gasteiger partial charge in [-0.1, -0.05) is 185 Å².